The minimum absolute atomic E-state index is 0.332. The lowest BCUT2D eigenvalue weighted by Gasteiger charge is -2.36. The van der Waals surface area contributed by atoms with Crippen molar-refractivity contribution in [3.05, 3.63) is 0 Å². The van der Waals surface area contributed by atoms with Gasteiger partial charge in [-0.3, -0.25) is 9.69 Å². The fourth-order valence-electron chi connectivity index (χ4n) is 3.91. The first-order valence-electron chi connectivity index (χ1n) is 9.34. The lowest BCUT2D eigenvalue weighted by Crippen LogP contribution is -2.51. The Morgan fingerprint density at radius 1 is 1.26 bits per heavy atom. The quantitative estimate of drug-likeness (QED) is 0.774. The Labute approximate surface area is 141 Å². The largest absolute Gasteiger partial charge is 0.389 e. The van der Waals surface area contributed by atoms with Gasteiger partial charge in [0.15, 0.2) is 0 Å². The Kier molecular flexibility index (Phi) is 7.80. The third kappa shape index (κ3) is 6.40. The van der Waals surface area contributed by atoms with Gasteiger partial charge in [0, 0.05) is 45.8 Å². The number of nitrogens with zero attached hydrogens (tertiary/aromatic N) is 2. The fraction of sp³-hybridized carbons (Fsp3) is 0.944. The van der Waals surface area contributed by atoms with E-state index in [2.05, 4.69) is 11.8 Å². The van der Waals surface area contributed by atoms with Gasteiger partial charge in [0.2, 0.25) is 5.91 Å². The zero-order valence-corrected chi connectivity index (χ0v) is 14.9. The Bertz CT molecular complexity index is 356. The van der Waals surface area contributed by atoms with Crippen LogP contribution in [-0.2, 0) is 9.53 Å². The summed E-state index contributed by atoms with van der Waals surface area (Å²) in [7, 11) is 0. The van der Waals surface area contributed by atoms with Gasteiger partial charge in [-0.25, -0.2) is 0 Å². The van der Waals surface area contributed by atoms with Crippen LogP contribution in [-0.4, -0.2) is 72.9 Å². The number of amides is 1. The van der Waals surface area contributed by atoms with Gasteiger partial charge < -0.3 is 14.7 Å². The van der Waals surface area contributed by atoms with Crippen LogP contribution in [0.2, 0.25) is 0 Å². The van der Waals surface area contributed by atoms with E-state index < -0.39 is 6.10 Å². The number of rotatable bonds is 7. The summed E-state index contributed by atoms with van der Waals surface area (Å²) in [6.07, 6.45) is 5.35. The minimum Gasteiger partial charge on any atom is -0.389 e. The molecule has 2 aliphatic rings. The number of aliphatic hydroxyl groups is 1. The highest BCUT2D eigenvalue weighted by Gasteiger charge is 2.26. The van der Waals surface area contributed by atoms with Gasteiger partial charge in [-0.15, -0.1) is 0 Å². The number of β-amino-alcohol motifs (C(OH)–C–C–N with tert-alkyl or cyclic N) is 1. The second-order valence-corrected chi connectivity index (χ2v) is 7.34. The maximum atomic E-state index is 12.5. The average molecular weight is 326 g/mol. The Hall–Kier alpha value is -0.650. The molecule has 2 rings (SSSR count). The second-order valence-electron chi connectivity index (χ2n) is 7.34. The Morgan fingerprint density at radius 2 is 2.00 bits per heavy atom. The molecule has 1 aliphatic carbocycles. The molecule has 0 unspecified atom stereocenters. The average Bonchev–Trinajstić information content (AvgIpc) is 2.53. The van der Waals surface area contributed by atoms with Crippen molar-refractivity contribution in [1.29, 1.82) is 0 Å². The third-order valence-corrected chi connectivity index (χ3v) is 5.22. The van der Waals surface area contributed by atoms with Gasteiger partial charge in [-0.05, 0) is 31.6 Å². The van der Waals surface area contributed by atoms with Gasteiger partial charge >= 0.3 is 0 Å². The first-order valence-corrected chi connectivity index (χ1v) is 9.34. The molecule has 23 heavy (non-hydrogen) atoms. The van der Waals surface area contributed by atoms with Crippen molar-refractivity contribution in [3.8, 4) is 0 Å². The first-order chi connectivity index (χ1) is 11.1. The second kappa shape index (κ2) is 9.60. The van der Waals surface area contributed by atoms with Crippen LogP contribution in [0.25, 0.3) is 0 Å². The van der Waals surface area contributed by atoms with Crippen LogP contribution >= 0.6 is 0 Å². The lowest BCUT2D eigenvalue weighted by molar-refractivity contribution is -0.134. The van der Waals surface area contributed by atoms with Crippen LogP contribution in [0.4, 0.5) is 0 Å². The monoisotopic (exact) mass is 326 g/mol. The number of ether oxygens (including phenoxy) is 1. The number of hydrogen-bond donors (Lipinski definition) is 1. The summed E-state index contributed by atoms with van der Waals surface area (Å²) in [6.45, 7) is 9.22. The number of piperazine rings is 1. The summed E-state index contributed by atoms with van der Waals surface area (Å²) in [6, 6.07) is 0. The Morgan fingerprint density at radius 3 is 2.65 bits per heavy atom. The zero-order valence-electron chi connectivity index (χ0n) is 14.9. The normalized spacial score (nSPS) is 27.9. The highest BCUT2D eigenvalue weighted by atomic mass is 16.5. The molecule has 1 aliphatic heterocycles. The van der Waals surface area contributed by atoms with E-state index in [0.717, 1.165) is 38.5 Å². The molecule has 1 saturated heterocycles. The molecule has 0 radical (unpaired) electrons. The molecule has 1 N–H and O–H groups in total. The molecule has 5 heteroatoms. The van der Waals surface area contributed by atoms with Crippen molar-refractivity contribution in [2.75, 3.05) is 45.9 Å². The van der Waals surface area contributed by atoms with Gasteiger partial charge in [-0.1, -0.05) is 19.8 Å². The van der Waals surface area contributed by atoms with Gasteiger partial charge in [0.05, 0.1) is 12.7 Å². The SMILES string of the molecule is CCOC[C@H](O)CN1CCN(C(=O)C[C@H]2CCC[C@@H](C)C2)CC1. The van der Waals surface area contributed by atoms with Crippen molar-refractivity contribution < 1.29 is 14.6 Å². The molecule has 0 bridgehead atoms. The van der Waals surface area contributed by atoms with E-state index >= 15 is 0 Å². The predicted molar refractivity (Wildman–Crippen MR) is 91.3 cm³/mol. The number of carbonyl (C=O) groups is 1. The minimum atomic E-state index is -0.430. The predicted octanol–water partition coefficient (Wildman–Crippen LogP) is 1.74. The smallest absolute Gasteiger partial charge is 0.222 e. The molecule has 2 fully saturated rings. The molecular formula is C18H34N2O3. The fourth-order valence-corrected chi connectivity index (χ4v) is 3.91. The number of carbonyl (C=O) groups excluding carboxylic acids is 1. The zero-order chi connectivity index (χ0) is 16.7. The summed E-state index contributed by atoms with van der Waals surface area (Å²) < 4.78 is 5.25. The number of aliphatic hydroxyl groups excluding tert-OH is 1. The third-order valence-electron chi connectivity index (χ3n) is 5.22. The molecule has 3 atom stereocenters. The molecule has 1 saturated carbocycles. The van der Waals surface area contributed by atoms with E-state index in [1.54, 1.807) is 0 Å². The molecule has 0 aromatic carbocycles. The maximum Gasteiger partial charge on any atom is 0.222 e. The summed E-state index contributed by atoms with van der Waals surface area (Å²) >= 11 is 0. The summed E-state index contributed by atoms with van der Waals surface area (Å²) in [4.78, 5) is 16.7. The summed E-state index contributed by atoms with van der Waals surface area (Å²) in [5, 5.41) is 9.90. The van der Waals surface area contributed by atoms with E-state index in [1.807, 2.05) is 11.8 Å². The standard InChI is InChI=1S/C18H34N2O3/c1-3-23-14-17(21)13-19-7-9-20(10-8-19)18(22)12-16-6-4-5-15(2)11-16/h15-17,21H,3-14H2,1-2H3/t15-,16+,17-/m1/s1. The van der Waals surface area contributed by atoms with Crippen LogP contribution in [0, 0.1) is 11.8 Å². The van der Waals surface area contributed by atoms with Crippen LogP contribution in [0.15, 0.2) is 0 Å². The topological polar surface area (TPSA) is 53.0 Å². The lowest BCUT2D eigenvalue weighted by atomic mass is 9.80. The molecule has 1 amide bonds. The highest BCUT2D eigenvalue weighted by Crippen LogP contribution is 2.31. The summed E-state index contributed by atoms with van der Waals surface area (Å²) in [5.74, 6) is 1.71. The molecule has 0 aromatic rings. The van der Waals surface area contributed by atoms with E-state index in [0.29, 0.717) is 31.6 Å². The van der Waals surface area contributed by atoms with Gasteiger partial charge in [0.25, 0.3) is 0 Å². The maximum absolute atomic E-state index is 12.5. The first kappa shape index (κ1) is 18.7. The van der Waals surface area contributed by atoms with Crippen LogP contribution in [0.5, 0.6) is 0 Å². The van der Waals surface area contributed by atoms with Gasteiger partial charge in [0.1, 0.15) is 0 Å². The van der Waals surface area contributed by atoms with Crippen molar-refractivity contribution in [3.63, 3.8) is 0 Å². The van der Waals surface area contributed by atoms with Crippen molar-refractivity contribution in [2.24, 2.45) is 11.8 Å². The van der Waals surface area contributed by atoms with Crippen LogP contribution < -0.4 is 0 Å². The van der Waals surface area contributed by atoms with Crippen molar-refractivity contribution in [2.45, 2.75) is 52.1 Å². The van der Waals surface area contributed by atoms with Crippen LogP contribution in [0.3, 0.4) is 0 Å². The van der Waals surface area contributed by atoms with E-state index in [1.165, 1.54) is 25.7 Å². The van der Waals surface area contributed by atoms with Crippen LogP contribution in [0.1, 0.15) is 46.0 Å². The molecular weight excluding hydrogens is 292 g/mol. The molecule has 5 nitrogen and oxygen atoms in total. The molecule has 0 aromatic heterocycles. The van der Waals surface area contributed by atoms with E-state index in [4.69, 9.17) is 4.74 Å². The van der Waals surface area contributed by atoms with Crippen molar-refractivity contribution >= 4 is 5.91 Å². The molecule has 0 spiro atoms. The highest BCUT2D eigenvalue weighted by molar-refractivity contribution is 5.76. The molecule has 1 heterocycles. The van der Waals surface area contributed by atoms with E-state index in [9.17, 15) is 9.90 Å². The van der Waals surface area contributed by atoms with E-state index in [-0.39, 0.29) is 0 Å². The van der Waals surface area contributed by atoms with Crippen molar-refractivity contribution in [1.82, 2.24) is 9.80 Å². The number of hydrogen-bond acceptors (Lipinski definition) is 4. The van der Waals surface area contributed by atoms with Gasteiger partial charge in [-0.2, -0.15) is 0 Å². The summed E-state index contributed by atoms with van der Waals surface area (Å²) in [5.41, 5.74) is 0. The molecule has 134 valence electrons. The Balaban J connectivity index is 1.66.